The van der Waals surface area contributed by atoms with Gasteiger partial charge in [0.15, 0.2) is 5.16 Å². The van der Waals surface area contributed by atoms with Gasteiger partial charge in [-0.1, -0.05) is 36.0 Å². The Morgan fingerprint density at radius 1 is 1.00 bits per heavy atom. The summed E-state index contributed by atoms with van der Waals surface area (Å²) < 4.78 is 2.40. The minimum Gasteiger partial charge on any atom is -0.341 e. The van der Waals surface area contributed by atoms with E-state index in [0.29, 0.717) is 6.04 Å². The number of aromatic nitrogens is 4. The highest BCUT2D eigenvalue weighted by Crippen LogP contribution is 2.42. The van der Waals surface area contributed by atoms with E-state index in [9.17, 15) is 0 Å². The van der Waals surface area contributed by atoms with Gasteiger partial charge in [-0.3, -0.25) is 9.55 Å². The number of pyridine rings is 1. The fraction of sp³-hybridized carbons (Fsp3) is 0.450. The summed E-state index contributed by atoms with van der Waals surface area (Å²) in [6, 6.07) is 11.1. The van der Waals surface area contributed by atoms with Gasteiger partial charge in [-0.05, 0) is 43.7 Å². The summed E-state index contributed by atoms with van der Waals surface area (Å²) in [5, 5.41) is 11.4. The molecule has 1 aromatic carbocycles. The van der Waals surface area contributed by atoms with Crippen molar-refractivity contribution in [2.75, 3.05) is 18.0 Å². The van der Waals surface area contributed by atoms with Gasteiger partial charge in [-0.2, -0.15) is 0 Å². The molecule has 26 heavy (non-hydrogen) atoms. The zero-order chi connectivity index (χ0) is 17.3. The van der Waals surface area contributed by atoms with Gasteiger partial charge in [0.1, 0.15) is 0 Å². The van der Waals surface area contributed by atoms with Crippen molar-refractivity contribution in [1.29, 1.82) is 0 Å². The maximum absolute atomic E-state index is 4.58. The van der Waals surface area contributed by atoms with E-state index in [2.05, 4.69) is 48.9 Å². The SMILES string of the molecule is c1cnc2c(CSc3nnc(N4CCCCC4)n3C3CC3)cccc2c1. The standard InChI is InChI=1S/C20H23N5S/c1-2-12-24(13-3-1)19-22-23-20(25(19)17-9-10-17)26-14-16-7-4-6-15-8-5-11-21-18(15)16/h4-8,11,17H,1-3,9-10,12-14H2. The molecule has 0 unspecified atom stereocenters. The van der Waals surface area contributed by atoms with Crippen LogP contribution in [-0.2, 0) is 5.75 Å². The Morgan fingerprint density at radius 2 is 1.85 bits per heavy atom. The van der Waals surface area contributed by atoms with Crippen LogP contribution in [0.25, 0.3) is 10.9 Å². The van der Waals surface area contributed by atoms with Crippen LogP contribution in [0.1, 0.15) is 43.7 Å². The summed E-state index contributed by atoms with van der Waals surface area (Å²) in [6.07, 6.45) is 8.25. The van der Waals surface area contributed by atoms with Gasteiger partial charge >= 0.3 is 0 Å². The summed E-state index contributed by atoms with van der Waals surface area (Å²) in [7, 11) is 0. The van der Waals surface area contributed by atoms with E-state index in [-0.39, 0.29) is 0 Å². The Bertz CT molecular complexity index is 906. The lowest BCUT2D eigenvalue weighted by atomic mass is 10.1. The average Bonchev–Trinajstić information content (AvgIpc) is 3.46. The Balaban J connectivity index is 1.41. The molecule has 5 nitrogen and oxygen atoms in total. The molecule has 5 rings (SSSR count). The molecule has 0 amide bonds. The molecule has 0 atom stereocenters. The molecule has 134 valence electrons. The summed E-state index contributed by atoms with van der Waals surface area (Å²) in [5.74, 6) is 1.96. The first-order valence-corrected chi connectivity index (χ1v) is 10.5. The van der Waals surface area contributed by atoms with E-state index in [1.54, 1.807) is 11.8 Å². The summed E-state index contributed by atoms with van der Waals surface area (Å²) >= 11 is 1.79. The largest absolute Gasteiger partial charge is 0.341 e. The average molecular weight is 366 g/mol. The van der Waals surface area contributed by atoms with Crippen LogP contribution in [0.2, 0.25) is 0 Å². The van der Waals surface area contributed by atoms with Gasteiger partial charge in [0.25, 0.3) is 0 Å². The predicted molar refractivity (Wildman–Crippen MR) is 106 cm³/mol. The van der Waals surface area contributed by atoms with Crippen LogP contribution in [0.15, 0.2) is 41.7 Å². The predicted octanol–water partition coefficient (Wildman–Crippen LogP) is 4.44. The summed E-state index contributed by atoms with van der Waals surface area (Å²) in [4.78, 5) is 7.01. The lowest BCUT2D eigenvalue weighted by Gasteiger charge is -2.27. The van der Waals surface area contributed by atoms with Gasteiger partial charge in [0.2, 0.25) is 5.95 Å². The fourth-order valence-electron chi connectivity index (χ4n) is 3.76. The highest BCUT2D eigenvalue weighted by Gasteiger charge is 2.32. The smallest absolute Gasteiger partial charge is 0.228 e. The zero-order valence-electron chi connectivity index (χ0n) is 14.8. The number of piperidine rings is 1. The van der Waals surface area contributed by atoms with Crippen molar-refractivity contribution < 1.29 is 0 Å². The molecule has 0 bridgehead atoms. The first kappa shape index (κ1) is 16.1. The number of para-hydroxylation sites is 1. The minimum atomic E-state index is 0.593. The number of thioether (sulfide) groups is 1. The molecular formula is C20H23N5S. The number of fused-ring (bicyclic) bond motifs is 1. The number of rotatable bonds is 5. The van der Waals surface area contributed by atoms with Crippen LogP contribution in [0.3, 0.4) is 0 Å². The van der Waals surface area contributed by atoms with Crippen molar-refractivity contribution in [2.24, 2.45) is 0 Å². The third-order valence-electron chi connectivity index (χ3n) is 5.27. The third-order valence-corrected chi connectivity index (χ3v) is 6.26. The van der Waals surface area contributed by atoms with Crippen LogP contribution in [0.5, 0.6) is 0 Å². The zero-order valence-corrected chi connectivity index (χ0v) is 15.7. The Labute approximate surface area is 157 Å². The van der Waals surface area contributed by atoms with Crippen molar-refractivity contribution in [2.45, 2.75) is 49.1 Å². The van der Waals surface area contributed by atoms with Crippen molar-refractivity contribution >= 4 is 28.6 Å². The molecular weight excluding hydrogens is 342 g/mol. The molecule has 0 spiro atoms. The molecule has 1 saturated carbocycles. The lowest BCUT2D eigenvalue weighted by molar-refractivity contribution is 0.548. The molecule has 1 aliphatic heterocycles. The third kappa shape index (κ3) is 3.07. The maximum atomic E-state index is 4.58. The lowest BCUT2D eigenvalue weighted by Crippen LogP contribution is -2.31. The molecule has 1 saturated heterocycles. The summed E-state index contributed by atoms with van der Waals surface area (Å²) in [6.45, 7) is 2.23. The van der Waals surface area contributed by atoms with Crippen LogP contribution in [0, 0.1) is 0 Å². The van der Waals surface area contributed by atoms with Gasteiger partial charge in [-0.15, -0.1) is 10.2 Å². The Kier molecular flexibility index (Phi) is 4.28. The second-order valence-electron chi connectivity index (χ2n) is 7.21. The van der Waals surface area contributed by atoms with Crippen molar-refractivity contribution in [3.05, 3.63) is 42.1 Å². The van der Waals surface area contributed by atoms with E-state index in [1.807, 2.05) is 12.3 Å². The Hall–Kier alpha value is -2.08. The quantitative estimate of drug-likeness (QED) is 0.625. The minimum absolute atomic E-state index is 0.593. The first-order valence-electron chi connectivity index (χ1n) is 9.55. The number of hydrogen-bond donors (Lipinski definition) is 0. The van der Waals surface area contributed by atoms with Crippen molar-refractivity contribution in [3.63, 3.8) is 0 Å². The molecule has 3 heterocycles. The summed E-state index contributed by atoms with van der Waals surface area (Å²) in [5.41, 5.74) is 2.36. The monoisotopic (exact) mass is 365 g/mol. The van der Waals surface area contributed by atoms with E-state index in [0.717, 1.165) is 35.5 Å². The van der Waals surface area contributed by atoms with E-state index < -0.39 is 0 Å². The second kappa shape index (κ2) is 6.91. The molecule has 1 aliphatic carbocycles. The van der Waals surface area contributed by atoms with Crippen molar-refractivity contribution in [1.82, 2.24) is 19.7 Å². The van der Waals surface area contributed by atoms with Crippen LogP contribution in [-0.4, -0.2) is 32.8 Å². The van der Waals surface area contributed by atoms with Gasteiger partial charge in [0.05, 0.1) is 5.52 Å². The molecule has 3 aromatic rings. The van der Waals surface area contributed by atoms with Crippen LogP contribution in [0.4, 0.5) is 5.95 Å². The van der Waals surface area contributed by atoms with E-state index >= 15 is 0 Å². The Morgan fingerprint density at radius 3 is 2.69 bits per heavy atom. The van der Waals surface area contributed by atoms with E-state index in [4.69, 9.17) is 0 Å². The highest BCUT2D eigenvalue weighted by molar-refractivity contribution is 7.98. The number of hydrogen-bond acceptors (Lipinski definition) is 5. The number of nitrogens with zero attached hydrogens (tertiary/aromatic N) is 5. The van der Waals surface area contributed by atoms with Crippen LogP contribution < -0.4 is 4.90 Å². The van der Waals surface area contributed by atoms with Crippen LogP contribution >= 0.6 is 11.8 Å². The topological polar surface area (TPSA) is 46.8 Å². The van der Waals surface area contributed by atoms with Gasteiger partial charge in [-0.25, -0.2) is 0 Å². The fourth-order valence-corrected chi connectivity index (χ4v) is 4.74. The molecule has 6 heteroatoms. The molecule has 2 aromatic heterocycles. The van der Waals surface area contributed by atoms with E-state index in [1.165, 1.54) is 43.1 Å². The molecule has 2 aliphatic rings. The van der Waals surface area contributed by atoms with Gasteiger partial charge < -0.3 is 4.90 Å². The first-order chi connectivity index (χ1) is 12.9. The molecule has 0 radical (unpaired) electrons. The highest BCUT2D eigenvalue weighted by atomic mass is 32.2. The molecule has 0 N–H and O–H groups in total. The normalized spacial score (nSPS) is 17.8. The number of anilines is 1. The van der Waals surface area contributed by atoms with Gasteiger partial charge in [0, 0.05) is 36.5 Å². The number of benzene rings is 1. The molecule has 2 fully saturated rings. The van der Waals surface area contributed by atoms with Crippen molar-refractivity contribution in [3.8, 4) is 0 Å². The maximum Gasteiger partial charge on any atom is 0.228 e. The second-order valence-corrected chi connectivity index (χ2v) is 8.15.